The van der Waals surface area contributed by atoms with Crippen LogP contribution in [0.1, 0.15) is 17.4 Å². The molecule has 0 aliphatic carbocycles. The molecule has 0 spiro atoms. The lowest BCUT2D eigenvalue weighted by Gasteiger charge is -1.99. The number of rotatable bonds is 1. The lowest BCUT2D eigenvalue weighted by atomic mass is 10.3. The molecule has 0 saturated carbocycles. The average molecular weight is 243 g/mol. The van der Waals surface area contributed by atoms with Gasteiger partial charge in [-0.05, 0) is 28.1 Å². The van der Waals surface area contributed by atoms with Crippen LogP contribution in [0.2, 0.25) is 0 Å². The van der Waals surface area contributed by atoms with Crippen LogP contribution in [-0.4, -0.2) is 16.8 Å². The number of carbonyl (C=O) groups excluding carboxylic acids is 2. The molecule has 1 aromatic heterocycles. The highest BCUT2D eigenvalue weighted by Crippen LogP contribution is 2.05. The van der Waals surface area contributed by atoms with E-state index in [0.29, 0.717) is 4.60 Å². The summed E-state index contributed by atoms with van der Waals surface area (Å²) in [5.74, 6) is -0.888. The third kappa shape index (κ3) is 2.95. The quantitative estimate of drug-likeness (QED) is 0.752. The molecule has 0 atom stereocenters. The maximum absolute atomic E-state index is 11.2. The molecule has 1 aromatic rings. The lowest BCUT2D eigenvalue weighted by molar-refractivity contribution is -0.118. The summed E-state index contributed by atoms with van der Waals surface area (Å²) in [5, 5.41) is 2.13. The number of halogens is 1. The van der Waals surface area contributed by atoms with Crippen LogP contribution >= 0.6 is 15.9 Å². The van der Waals surface area contributed by atoms with E-state index in [1.165, 1.54) is 13.0 Å². The third-order valence-electron chi connectivity index (χ3n) is 1.24. The summed E-state index contributed by atoms with van der Waals surface area (Å²) in [4.78, 5) is 25.6. The van der Waals surface area contributed by atoms with Gasteiger partial charge in [0.25, 0.3) is 5.91 Å². The van der Waals surface area contributed by atoms with Gasteiger partial charge in [0.05, 0.1) is 0 Å². The SMILES string of the molecule is CC(=O)NC(=O)c1cccc(Br)n1. The van der Waals surface area contributed by atoms with Crippen LogP contribution in [-0.2, 0) is 4.79 Å². The highest BCUT2D eigenvalue weighted by molar-refractivity contribution is 9.10. The van der Waals surface area contributed by atoms with Crippen molar-refractivity contribution in [3.63, 3.8) is 0 Å². The minimum absolute atomic E-state index is 0.213. The molecule has 0 aliphatic heterocycles. The molecule has 0 aromatic carbocycles. The Kier molecular flexibility index (Phi) is 3.13. The van der Waals surface area contributed by atoms with Crippen LogP contribution in [0, 0.1) is 0 Å². The van der Waals surface area contributed by atoms with Gasteiger partial charge >= 0.3 is 0 Å². The molecule has 1 rings (SSSR count). The molecule has 1 heterocycles. The fourth-order valence-electron chi connectivity index (χ4n) is 0.759. The van der Waals surface area contributed by atoms with E-state index in [0.717, 1.165) is 0 Å². The standard InChI is InChI=1S/C8H7BrN2O2/c1-5(12)10-8(13)6-3-2-4-7(9)11-6/h2-4H,1H3,(H,10,12,13). The van der Waals surface area contributed by atoms with E-state index in [2.05, 4.69) is 26.2 Å². The van der Waals surface area contributed by atoms with Crippen LogP contribution in [0.15, 0.2) is 22.8 Å². The molecule has 0 radical (unpaired) electrons. The number of nitrogens with zero attached hydrogens (tertiary/aromatic N) is 1. The zero-order valence-corrected chi connectivity index (χ0v) is 8.46. The molecular formula is C8H7BrN2O2. The van der Waals surface area contributed by atoms with Gasteiger partial charge in [0, 0.05) is 6.92 Å². The molecule has 0 bridgehead atoms. The molecule has 4 nitrogen and oxygen atoms in total. The second-order valence-corrected chi connectivity index (χ2v) is 3.17. The summed E-state index contributed by atoms with van der Waals surface area (Å²) in [5.41, 5.74) is 0.213. The van der Waals surface area contributed by atoms with E-state index in [-0.39, 0.29) is 5.69 Å². The van der Waals surface area contributed by atoms with E-state index in [1.807, 2.05) is 0 Å². The predicted molar refractivity (Wildman–Crippen MR) is 50.1 cm³/mol. The Labute approximate surface area is 83.5 Å². The first-order chi connectivity index (χ1) is 6.09. The zero-order chi connectivity index (χ0) is 9.84. The highest BCUT2D eigenvalue weighted by Gasteiger charge is 2.07. The fraction of sp³-hybridized carbons (Fsp3) is 0.125. The van der Waals surface area contributed by atoms with Crippen LogP contribution < -0.4 is 5.32 Å². The van der Waals surface area contributed by atoms with Gasteiger partial charge in [0.1, 0.15) is 10.3 Å². The van der Waals surface area contributed by atoms with E-state index < -0.39 is 11.8 Å². The average Bonchev–Trinajstić information content (AvgIpc) is 2.03. The van der Waals surface area contributed by atoms with Crippen molar-refractivity contribution in [1.29, 1.82) is 0 Å². The molecule has 1 N–H and O–H groups in total. The molecule has 0 saturated heterocycles. The van der Waals surface area contributed by atoms with Crippen molar-refractivity contribution in [2.45, 2.75) is 6.92 Å². The van der Waals surface area contributed by atoms with Crippen LogP contribution in [0.3, 0.4) is 0 Å². The molecule has 0 aliphatic rings. The third-order valence-corrected chi connectivity index (χ3v) is 1.68. The first kappa shape index (κ1) is 9.85. The monoisotopic (exact) mass is 242 g/mol. The highest BCUT2D eigenvalue weighted by atomic mass is 79.9. The number of hydrogen-bond donors (Lipinski definition) is 1. The van der Waals surface area contributed by atoms with E-state index in [1.54, 1.807) is 12.1 Å². The molecule has 13 heavy (non-hydrogen) atoms. The summed E-state index contributed by atoms with van der Waals surface area (Å²) >= 11 is 3.12. The maximum Gasteiger partial charge on any atom is 0.276 e. The van der Waals surface area contributed by atoms with Gasteiger partial charge < -0.3 is 0 Å². The zero-order valence-electron chi connectivity index (χ0n) is 6.87. The predicted octanol–water partition coefficient (Wildman–Crippen LogP) is 1.12. The van der Waals surface area contributed by atoms with Gasteiger partial charge in [0.15, 0.2) is 0 Å². The number of imide groups is 1. The maximum atomic E-state index is 11.2. The molecule has 0 unspecified atom stereocenters. The summed E-state index contributed by atoms with van der Waals surface area (Å²) in [7, 11) is 0. The van der Waals surface area contributed by atoms with E-state index in [4.69, 9.17) is 0 Å². The second kappa shape index (κ2) is 4.13. The van der Waals surface area contributed by atoms with Gasteiger partial charge in [-0.2, -0.15) is 0 Å². The second-order valence-electron chi connectivity index (χ2n) is 2.36. The first-order valence-corrected chi connectivity index (χ1v) is 4.33. The van der Waals surface area contributed by atoms with E-state index >= 15 is 0 Å². The summed E-state index contributed by atoms with van der Waals surface area (Å²) < 4.78 is 0.559. The van der Waals surface area contributed by atoms with Crippen molar-refractivity contribution in [2.24, 2.45) is 0 Å². The lowest BCUT2D eigenvalue weighted by Crippen LogP contribution is -2.28. The van der Waals surface area contributed by atoms with E-state index in [9.17, 15) is 9.59 Å². The first-order valence-electron chi connectivity index (χ1n) is 3.54. The molecule has 0 fully saturated rings. The summed E-state index contributed by atoms with van der Waals surface area (Å²) in [6, 6.07) is 4.90. The minimum Gasteiger partial charge on any atom is -0.291 e. The van der Waals surface area contributed by atoms with Gasteiger partial charge in [-0.1, -0.05) is 6.07 Å². The molecule has 68 valence electrons. The fourth-order valence-corrected chi connectivity index (χ4v) is 1.10. The number of amides is 2. The Morgan fingerprint density at radius 3 is 2.69 bits per heavy atom. The summed E-state index contributed by atoms with van der Waals surface area (Å²) in [6.07, 6.45) is 0. The van der Waals surface area contributed by atoms with Gasteiger partial charge in [-0.15, -0.1) is 0 Å². The Bertz CT molecular complexity index is 352. The van der Waals surface area contributed by atoms with Crippen LogP contribution in [0.4, 0.5) is 0 Å². The molecular weight excluding hydrogens is 236 g/mol. The van der Waals surface area contributed by atoms with Gasteiger partial charge in [-0.25, -0.2) is 4.98 Å². The Morgan fingerprint density at radius 2 is 2.15 bits per heavy atom. The Hall–Kier alpha value is -1.23. The normalized spacial score (nSPS) is 9.38. The van der Waals surface area contributed by atoms with Crippen molar-refractivity contribution in [1.82, 2.24) is 10.3 Å². The van der Waals surface area contributed by atoms with Gasteiger partial charge in [0.2, 0.25) is 5.91 Å². The van der Waals surface area contributed by atoms with Gasteiger partial charge in [-0.3, -0.25) is 14.9 Å². The topological polar surface area (TPSA) is 59.1 Å². The number of nitrogens with one attached hydrogen (secondary N) is 1. The number of pyridine rings is 1. The summed E-state index contributed by atoms with van der Waals surface area (Å²) in [6.45, 7) is 1.27. The molecule has 2 amide bonds. The van der Waals surface area contributed by atoms with Crippen molar-refractivity contribution in [3.8, 4) is 0 Å². The van der Waals surface area contributed by atoms with Crippen molar-refractivity contribution < 1.29 is 9.59 Å². The number of aromatic nitrogens is 1. The van der Waals surface area contributed by atoms with Crippen LogP contribution in [0.5, 0.6) is 0 Å². The Balaban J connectivity index is 2.83. The number of carbonyl (C=O) groups is 2. The Morgan fingerprint density at radius 1 is 1.46 bits per heavy atom. The van der Waals surface area contributed by atoms with Crippen LogP contribution in [0.25, 0.3) is 0 Å². The van der Waals surface area contributed by atoms with Crippen molar-refractivity contribution in [3.05, 3.63) is 28.5 Å². The minimum atomic E-state index is -0.492. The number of hydrogen-bond acceptors (Lipinski definition) is 3. The largest absolute Gasteiger partial charge is 0.291 e. The van der Waals surface area contributed by atoms with Crippen molar-refractivity contribution in [2.75, 3.05) is 0 Å². The smallest absolute Gasteiger partial charge is 0.276 e. The van der Waals surface area contributed by atoms with Crippen molar-refractivity contribution >= 4 is 27.7 Å². The molecule has 5 heteroatoms.